The third-order valence-electron chi connectivity index (χ3n) is 7.29. The van der Waals surface area contributed by atoms with E-state index in [1.165, 1.54) is 6.07 Å². The normalized spacial score (nSPS) is 13.9. The summed E-state index contributed by atoms with van der Waals surface area (Å²) in [7, 11) is 4.12. The molecule has 1 aliphatic heterocycles. The molecular weight excluding hydrogens is 665 g/mol. The van der Waals surface area contributed by atoms with Gasteiger partial charge in [0.15, 0.2) is 5.69 Å². The topological polar surface area (TPSA) is 145 Å². The van der Waals surface area contributed by atoms with Gasteiger partial charge in [-0.2, -0.15) is 13.2 Å². The lowest BCUT2D eigenvalue weighted by Crippen LogP contribution is -2.54. The molecule has 0 aliphatic carbocycles. The summed E-state index contributed by atoms with van der Waals surface area (Å²) in [4.78, 5) is 60.3. The summed E-state index contributed by atoms with van der Waals surface area (Å²) in [5, 5.41) is 2.66. The van der Waals surface area contributed by atoms with Crippen molar-refractivity contribution >= 4 is 41.3 Å². The summed E-state index contributed by atoms with van der Waals surface area (Å²) in [5.41, 5.74) is -1.03. The number of amides is 2. The van der Waals surface area contributed by atoms with Crippen LogP contribution in [0.3, 0.4) is 0 Å². The molecule has 12 nitrogen and oxygen atoms in total. The van der Waals surface area contributed by atoms with Gasteiger partial charge in [-0.3, -0.25) is 14.4 Å². The molecule has 1 atom stereocenters. The number of halogens is 4. The van der Waals surface area contributed by atoms with Gasteiger partial charge >= 0.3 is 6.18 Å². The van der Waals surface area contributed by atoms with Gasteiger partial charge in [-0.05, 0) is 64.2 Å². The molecule has 3 aromatic rings. The van der Waals surface area contributed by atoms with E-state index in [1.54, 1.807) is 43.0 Å². The number of hydrogen-bond donors (Lipinski definition) is 2. The highest BCUT2D eigenvalue weighted by Gasteiger charge is 2.34. The number of aliphatic imine (C=N–C) groups is 2. The van der Waals surface area contributed by atoms with E-state index in [4.69, 9.17) is 4.74 Å². The Kier molecular flexibility index (Phi) is 16.3. The molecule has 2 N–H and O–H groups in total. The Bertz CT molecular complexity index is 1620. The monoisotopic (exact) mass is 708 g/mol. The van der Waals surface area contributed by atoms with Crippen LogP contribution in [0.2, 0.25) is 0 Å². The van der Waals surface area contributed by atoms with E-state index in [0.717, 1.165) is 38.3 Å². The van der Waals surface area contributed by atoms with Crippen molar-refractivity contribution in [1.82, 2.24) is 30.1 Å². The third-order valence-corrected chi connectivity index (χ3v) is 7.29. The van der Waals surface area contributed by atoms with Crippen molar-refractivity contribution in [3.63, 3.8) is 0 Å². The van der Waals surface area contributed by atoms with Crippen LogP contribution >= 0.6 is 12.4 Å². The molecule has 0 radical (unpaired) electrons. The number of nitrogens with zero attached hydrogens (tertiary/aromatic N) is 6. The molecule has 3 heterocycles. The minimum Gasteiger partial charge on any atom is -0.489 e. The van der Waals surface area contributed by atoms with Gasteiger partial charge < -0.3 is 24.8 Å². The maximum absolute atomic E-state index is 13.2. The first kappa shape index (κ1) is 40.8. The molecule has 49 heavy (non-hydrogen) atoms. The van der Waals surface area contributed by atoms with Crippen LogP contribution in [0.5, 0.6) is 5.75 Å². The van der Waals surface area contributed by atoms with Crippen molar-refractivity contribution < 1.29 is 27.5 Å². The number of piperidine rings is 1. The van der Waals surface area contributed by atoms with E-state index >= 15 is 0 Å². The molecule has 16 heteroatoms. The van der Waals surface area contributed by atoms with Crippen LogP contribution in [0.4, 0.5) is 13.2 Å². The number of likely N-dealkylation sites (tertiary alicyclic amines) is 1. The summed E-state index contributed by atoms with van der Waals surface area (Å²) < 4.78 is 43.8. The predicted molar refractivity (Wildman–Crippen MR) is 184 cm³/mol. The van der Waals surface area contributed by atoms with Gasteiger partial charge in [-0.15, -0.1) is 12.4 Å². The number of fused-ring (bicyclic) bond motifs is 1. The molecule has 1 saturated heterocycles. The van der Waals surface area contributed by atoms with Gasteiger partial charge in [0.05, 0.1) is 29.8 Å². The minimum absolute atomic E-state index is 0. The summed E-state index contributed by atoms with van der Waals surface area (Å²) in [5.74, 6) is -1.08. The fraction of sp³-hybridized carbons (Fsp3) is 0.515. The first-order valence-corrected chi connectivity index (χ1v) is 15.8. The standard InChI is InChI=1S/C25H26F3N5O4.C8H17N3.ClH/c1-14(2)20(32-23(35)21-22(34)31-18-6-4-3-5-17(18)30-21)24(36)33-11-9-15(10-12-33)37-16-7-8-19(29-13-16)25(26,27)28;1-4-9-8-10-6-5-7-11(2)3;/h3-8,13-15,20H,9-12H2,1-2H3,(H,31,34)(H,32,35);4-7H2,1-3H3;1H/t20-;;/m0../s1. The Balaban J connectivity index is 0.000000599. The number of hydrogen-bond acceptors (Lipinski definition) is 9. The van der Waals surface area contributed by atoms with Crippen LogP contribution in [-0.4, -0.2) is 102 Å². The fourth-order valence-corrected chi connectivity index (χ4v) is 4.74. The lowest BCUT2D eigenvalue weighted by molar-refractivity contribution is -0.141. The Morgan fingerprint density at radius 1 is 1.14 bits per heavy atom. The molecule has 0 unspecified atom stereocenters. The smallest absolute Gasteiger partial charge is 0.433 e. The van der Waals surface area contributed by atoms with E-state index in [-0.39, 0.29) is 41.8 Å². The van der Waals surface area contributed by atoms with Crippen LogP contribution < -0.4 is 15.6 Å². The maximum atomic E-state index is 13.2. The molecule has 2 amide bonds. The van der Waals surface area contributed by atoms with Crippen molar-refractivity contribution in [2.24, 2.45) is 15.9 Å². The highest BCUT2D eigenvalue weighted by molar-refractivity contribution is 5.97. The van der Waals surface area contributed by atoms with Gasteiger partial charge in [0, 0.05) is 32.5 Å². The molecule has 0 bridgehead atoms. The molecule has 4 rings (SSSR count). The van der Waals surface area contributed by atoms with Crippen LogP contribution in [-0.2, 0) is 11.0 Å². The number of H-pyrrole nitrogens is 1. The van der Waals surface area contributed by atoms with Crippen molar-refractivity contribution in [2.45, 2.75) is 58.4 Å². The van der Waals surface area contributed by atoms with Gasteiger partial charge in [0.2, 0.25) is 5.91 Å². The number of aromatic amines is 1. The van der Waals surface area contributed by atoms with Crippen LogP contribution in [0.25, 0.3) is 11.0 Å². The van der Waals surface area contributed by atoms with E-state index < -0.39 is 29.4 Å². The van der Waals surface area contributed by atoms with E-state index in [0.29, 0.717) is 37.0 Å². The van der Waals surface area contributed by atoms with Crippen molar-refractivity contribution in [3.05, 3.63) is 64.3 Å². The number of carbonyl (C=O) groups excluding carboxylic acids is 2. The van der Waals surface area contributed by atoms with Crippen LogP contribution in [0.15, 0.2) is 57.4 Å². The Labute approximate surface area is 289 Å². The average molecular weight is 709 g/mol. The number of alkyl halides is 3. The van der Waals surface area contributed by atoms with Gasteiger partial charge in [-0.25, -0.2) is 20.0 Å². The molecule has 0 spiro atoms. The van der Waals surface area contributed by atoms with Crippen LogP contribution in [0, 0.1) is 5.92 Å². The maximum Gasteiger partial charge on any atom is 0.433 e. The van der Waals surface area contributed by atoms with E-state index in [9.17, 15) is 27.6 Å². The molecule has 2 aromatic heterocycles. The Morgan fingerprint density at radius 2 is 1.84 bits per heavy atom. The van der Waals surface area contributed by atoms with Crippen molar-refractivity contribution in [1.29, 1.82) is 0 Å². The first-order valence-electron chi connectivity index (χ1n) is 15.8. The lowest BCUT2D eigenvalue weighted by Gasteiger charge is -2.35. The second-order valence-electron chi connectivity index (χ2n) is 11.8. The van der Waals surface area contributed by atoms with Gasteiger partial charge in [0.1, 0.15) is 23.6 Å². The number of benzene rings is 1. The number of pyridine rings is 1. The highest BCUT2D eigenvalue weighted by atomic mass is 35.5. The summed E-state index contributed by atoms with van der Waals surface area (Å²) >= 11 is 0. The fourth-order valence-electron chi connectivity index (χ4n) is 4.74. The Morgan fingerprint density at radius 3 is 2.43 bits per heavy atom. The quantitative estimate of drug-likeness (QED) is 0.217. The lowest BCUT2D eigenvalue weighted by atomic mass is 10.00. The minimum atomic E-state index is -4.52. The molecular formula is C33H44ClF3N8O4. The molecule has 1 fully saturated rings. The zero-order valence-corrected chi connectivity index (χ0v) is 29.1. The number of para-hydroxylation sites is 2. The number of nitrogens with one attached hydrogen (secondary N) is 2. The van der Waals surface area contributed by atoms with Gasteiger partial charge in [0.25, 0.3) is 11.5 Å². The second-order valence-corrected chi connectivity index (χ2v) is 11.8. The summed E-state index contributed by atoms with van der Waals surface area (Å²) in [6, 6.07) is 10.7. The molecule has 1 aromatic carbocycles. The molecule has 0 saturated carbocycles. The number of ether oxygens (including phenoxy) is 1. The van der Waals surface area contributed by atoms with E-state index in [1.807, 2.05) is 6.92 Å². The summed E-state index contributed by atoms with van der Waals surface area (Å²) in [6.45, 7) is 8.91. The molecule has 268 valence electrons. The third kappa shape index (κ3) is 12.9. The predicted octanol–water partition coefficient (Wildman–Crippen LogP) is 4.72. The number of carbonyl (C=O) groups is 2. The zero-order chi connectivity index (χ0) is 35.3. The summed E-state index contributed by atoms with van der Waals surface area (Å²) in [6.07, 6.45) is -1.79. The number of aromatic nitrogens is 3. The van der Waals surface area contributed by atoms with Crippen LogP contribution in [0.1, 0.15) is 56.2 Å². The Hall–Kier alpha value is -4.33. The SMILES string of the molecule is CC(C)[C@H](NC(=O)c1nc2ccccc2[nH]c1=O)C(=O)N1CCC(Oc2ccc(C(F)(F)F)nc2)CC1.CCN=C=NCCCN(C)C.Cl. The van der Waals surface area contributed by atoms with Crippen molar-refractivity contribution in [3.8, 4) is 5.75 Å². The largest absolute Gasteiger partial charge is 0.489 e. The molecule has 1 aliphatic rings. The zero-order valence-electron chi connectivity index (χ0n) is 28.3. The highest BCUT2D eigenvalue weighted by Crippen LogP contribution is 2.29. The van der Waals surface area contributed by atoms with E-state index in [2.05, 4.69) is 55.3 Å². The average Bonchev–Trinajstić information content (AvgIpc) is 3.04. The van der Waals surface area contributed by atoms with Crippen molar-refractivity contribution in [2.75, 3.05) is 46.8 Å². The second kappa shape index (κ2) is 19.6. The first-order chi connectivity index (χ1) is 22.8. The number of rotatable bonds is 11. The van der Waals surface area contributed by atoms with Gasteiger partial charge in [-0.1, -0.05) is 26.0 Å².